The zero-order valence-electron chi connectivity index (χ0n) is 16.3. The third-order valence-corrected chi connectivity index (χ3v) is 4.44. The molecule has 0 aromatic heterocycles. The zero-order valence-corrected chi connectivity index (χ0v) is 16.3. The fraction of sp³-hybridized carbons (Fsp3) is 0.944. The second-order valence-corrected chi connectivity index (χ2v) is 6.85. The molecule has 24 heavy (non-hydrogen) atoms. The van der Waals surface area contributed by atoms with Gasteiger partial charge in [0, 0.05) is 52.0 Å². The Morgan fingerprint density at radius 3 is 2.62 bits per heavy atom. The van der Waals surface area contributed by atoms with Crippen molar-refractivity contribution >= 4 is 5.96 Å². The molecule has 0 amide bonds. The summed E-state index contributed by atoms with van der Waals surface area (Å²) >= 11 is 0. The Morgan fingerprint density at radius 1 is 1.21 bits per heavy atom. The lowest BCUT2D eigenvalue weighted by molar-refractivity contribution is 0.0690. The van der Waals surface area contributed by atoms with Gasteiger partial charge in [-0.1, -0.05) is 6.92 Å². The van der Waals surface area contributed by atoms with E-state index in [1.54, 1.807) is 7.11 Å². The first-order valence-corrected chi connectivity index (χ1v) is 9.44. The Bertz CT molecular complexity index is 350. The van der Waals surface area contributed by atoms with E-state index in [2.05, 4.69) is 43.2 Å². The highest BCUT2D eigenvalue weighted by Crippen LogP contribution is 2.18. The number of likely N-dealkylation sites (tertiary alicyclic amines) is 1. The van der Waals surface area contributed by atoms with Gasteiger partial charge >= 0.3 is 0 Å². The molecular formula is C18H38N4O2. The van der Waals surface area contributed by atoms with Crippen molar-refractivity contribution in [3.63, 3.8) is 0 Å². The molecule has 0 saturated carbocycles. The van der Waals surface area contributed by atoms with Gasteiger partial charge in [0.25, 0.3) is 0 Å². The third-order valence-electron chi connectivity index (χ3n) is 4.44. The molecule has 6 heteroatoms. The van der Waals surface area contributed by atoms with E-state index < -0.39 is 0 Å². The second kappa shape index (κ2) is 12.5. The minimum Gasteiger partial charge on any atom is -0.382 e. The van der Waals surface area contributed by atoms with E-state index in [0.717, 1.165) is 51.6 Å². The van der Waals surface area contributed by atoms with E-state index in [-0.39, 0.29) is 0 Å². The summed E-state index contributed by atoms with van der Waals surface area (Å²) in [6.45, 7) is 15.1. The number of ether oxygens (including phenoxy) is 2. The molecular weight excluding hydrogens is 304 g/mol. The Kier molecular flexibility index (Phi) is 11.0. The third kappa shape index (κ3) is 8.31. The summed E-state index contributed by atoms with van der Waals surface area (Å²) in [5.41, 5.74) is 0. The highest BCUT2D eigenvalue weighted by molar-refractivity contribution is 5.80. The average molecular weight is 343 g/mol. The second-order valence-electron chi connectivity index (χ2n) is 6.85. The molecule has 2 unspecified atom stereocenters. The van der Waals surface area contributed by atoms with Crippen molar-refractivity contribution in [2.75, 3.05) is 53.1 Å². The van der Waals surface area contributed by atoms with Gasteiger partial charge in [0.15, 0.2) is 5.96 Å². The van der Waals surface area contributed by atoms with Crippen LogP contribution in [0.3, 0.4) is 0 Å². The summed E-state index contributed by atoms with van der Waals surface area (Å²) in [5, 5.41) is 6.99. The van der Waals surface area contributed by atoms with Crippen LogP contribution in [0.2, 0.25) is 0 Å². The van der Waals surface area contributed by atoms with Crippen LogP contribution >= 0.6 is 0 Å². The van der Waals surface area contributed by atoms with Gasteiger partial charge in [0.1, 0.15) is 0 Å². The van der Waals surface area contributed by atoms with Crippen LogP contribution in [0, 0.1) is 5.92 Å². The first kappa shape index (κ1) is 21.2. The van der Waals surface area contributed by atoms with Crippen LogP contribution < -0.4 is 10.6 Å². The van der Waals surface area contributed by atoms with Gasteiger partial charge in [-0.05, 0) is 39.5 Å². The van der Waals surface area contributed by atoms with E-state index in [1.807, 2.05) is 0 Å². The van der Waals surface area contributed by atoms with Gasteiger partial charge in [0.2, 0.25) is 0 Å². The number of rotatable bonds is 11. The lowest BCUT2D eigenvalue weighted by Crippen LogP contribution is -2.46. The normalized spacial score (nSPS) is 22.3. The molecule has 0 aromatic carbocycles. The highest BCUT2D eigenvalue weighted by atomic mass is 16.5. The molecule has 0 bridgehead atoms. The topological polar surface area (TPSA) is 58.1 Å². The smallest absolute Gasteiger partial charge is 0.191 e. The van der Waals surface area contributed by atoms with Gasteiger partial charge in [-0.3, -0.25) is 9.89 Å². The molecule has 1 aliphatic heterocycles. The number of methoxy groups -OCH3 is 1. The highest BCUT2D eigenvalue weighted by Gasteiger charge is 2.31. The van der Waals surface area contributed by atoms with Crippen molar-refractivity contribution in [3.05, 3.63) is 0 Å². The quantitative estimate of drug-likeness (QED) is 0.340. The number of guanidine groups is 1. The van der Waals surface area contributed by atoms with Gasteiger partial charge in [-0.2, -0.15) is 0 Å². The van der Waals surface area contributed by atoms with E-state index in [9.17, 15) is 0 Å². The molecule has 142 valence electrons. The van der Waals surface area contributed by atoms with Crippen molar-refractivity contribution in [3.8, 4) is 0 Å². The predicted octanol–water partition coefficient (Wildman–Crippen LogP) is 1.71. The van der Waals surface area contributed by atoms with Crippen molar-refractivity contribution < 1.29 is 9.47 Å². The molecule has 0 spiro atoms. The van der Waals surface area contributed by atoms with Gasteiger partial charge < -0.3 is 20.1 Å². The van der Waals surface area contributed by atoms with E-state index in [0.29, 0.717) is 31.2 Å². The fourth-order valence-electron chi connectivity index (χ4n) is 2.86. The van der Waals surface area contributed by atoms with Crippen LogP contribution in [-0.2, 0) is 9.47 Å². The molecule has 6 nitrogen and oxygen atoms in total. The molecule has 1 rings (SSSR count). The molecule has 1 fully saturated rings. The Balaban J connectivity index is 2.30. The maximum absolute atomic E-state index is 5.47. The summed E-state index contributed by atoms with van der Waals surface area (Å²) in [5.74, 6) is 1.59. The SMILES string of the molecule is CCNC(=NCCCCOCCOC)NC1CN(C(C)C)CC1C. The van der Waals surface area contributed by atoms with Crippen LogP contribution in [0.25, 0.3) is 0 Å². The summed E-state index contributed by atoms with van der Waals surface area (Å²) in [4.78, 5) is 7.24. The van der Waals surface area contributed by atoms with Crippen molar-refractivity contribution in [1.29, 1.82) is 0 Å². The number of hydrogen-bond donors (Lipinski definition) is 2. The largest absolute Gasteiger partial charge is 0.382 e. The average Bonchev–Trinajstić information content (AvgIpc) is 2.91. The van der Waals surface area contributed by atoms with Gasteiger partial charge in [0.05, 0.1) is 13.2 Å². The standard InChI is InChI=1S/C18H38N4O2/c1-6-19-18(20-9-7-8-10-24-12-11-23-5)21-17-14-22(15(2)3)13-16(17)4/h15-17H,6-14H2,1-5H3,(H2,19,20,21). The van der Waals surface area contributed by atoms with Crippen LogP contribution in [0.15, 0.2) is 4.99 Å². The number of nitrogens with one attached hydrogen (secondary N) is 2. The summed E-state index contributed by atoms with van der Waals surface area (Å²) in [6, 6.07) is 1.08. The Morgan fingerprint density at radius 2 is 2.00 bits per heavy atom. The number of unbranched alkanes of at least 4 members (excludes halogenated alkanes) is 1. The molecule has 0 aliphatic carbocycles. The molecule has 2 atom stereocenters. The van der Waals surface area contributed by atoms with E-state index in [1.165, 1.54) is 0 Å². The molecule has 1 heterocycles. The van der Waals surface area contributed by atoms with Crippen molar-refractivity contribution in [1.82, 2.24) is 15.5 Å². The van der Waals surface area contributed by atoms with Gasteiger partial charge in [-0.25, -0.2) is 0 Å². The molecule has 0 aromatic rings. The predicted molar refractivity (Wildman–Crippen MR) is 101 cm³/mol. The maximum Gasteiger partial charge on any atom is 0.191 e. The van der Waals surface area contributed by atoms with E-state index in [4.69, 9.17) is 14.5 Å². The van der Waals surface area contributed by atoms with E-state index >= 15 is 0 Å². The lowest BCUT2D eigenvalue weighted by atomic mass is 10.1. The summed E-state index contributed by atoms with van der Waals surface area (Å²) < 4.78 is 10.4. The minimum atomic E-state index is 0.475. The molecule has 1 saturated heterocycles. The Hall–Kier alpha value is -0.850. The van der Waals surface area contributed by atoms with Crippen LogP contribution in [0.5, 0.6) is 0 Å². The first-order valence-electron chi connectivity index (χ1n) is 9.44. The van der Waals surface area contributed by atoms with Gasteiger partial charge in [-0.15, -0.1) is 0 Å². The maximum atomic E-state index is 5.47. The molecule has 0 radical (unpaired) electrons. The molecule has 2 N–H and O–H groups in total. The van der Waals surface area contributed by atoms with Crippen LogP contribution in [-0.4, -0.2) is 76.1 Å². The lowest BCUT2D eigenvalue weighted by Gasteiger charge is -2.21. The summed E-state index contributed by atoms with van der Waals surface area (Å²) in [7, 11) is 1.69. The number of nitrogens with zero attached hydrogens (tertiary/aromatic N) is 2. The zero-order chi connectivity index (χ0) is 17.8. The monoisotopic (exact) mass is 342 g/mol. The first-order chi connectivity index (χ1) is 11.6. The number of hydrogen-bond acceptors (Lipinski definition) is 4. The Labute approximate surface area is 148 Å². The fourth-order valence-corrected chi connectivity index (χ4v) is 2.86. The molecule has 1 aliphatic rings. The van der Waals surface area contributed by atoms with Crippen LogP contribution in [0.1, 0.15) is 40.5 Å². The minimum absolute atomic E-state index is 0.475. The van der Waals surface area contributed by atoms with Crippen molar-refractivity contribution in [2.24, 2.45) is 10.9 Å². The summed E-state index contributed by atoms with van der Waals surface area (Å²) in [6.07, 6.45) is 2.08. The van der Waals surface area contributed by atoms with Crippen molar-refractivity contribution in [2.45, 2.75) is 52.6 Å². The van der Waals surface area contributed by atoms with Crippen LogP contribution in [0.4, 0.5) is 0 Å². The number of aliphatic imine (C=N–C) groups is 1.